The maximum Gasteiger partial charge on any atom is 0.124 e. The van der Waals surface area contributed by atoms with Crippen LogP contribution < -0.4 is 0 Å². The molecule has 2 aromatic carbocycles. The summed E-state index contributed by atoms with van der Waals surface area (Å²) in [5, 5.41) is 10.5. The van der Waals surface area contributed by atoms with E-state index in [1.807, 2.05) is 0 Å². The van der Waals surface area contributed by atoms with Crippen molar-refractivity contribution in [3.8, 4) is 0 Å². The van der Waals surface area contributed by atoms with E-state index < -0.39 is 17.7 Å². The molecule has 0 bridgehead atoms. The molecule has 0 radical (unpaired) electrons. The van der Waals surface area contributed by atoms with E-state index in [1.165, 1.54) is 30.3 Å². The molecule has 1 atom stereocenters. The number of hydrogen-bond donors (Lipinski definition) is 1. The molecule has 1 nitrogen and oxygen atoms in total. The Balaban J connectivity index is 2.23. The fourth-order valence-corrected chi connectivity index (χ4v) is 2.31. The third-order valence-corrected chi connectivity index (χ3v) is 3.43. The van der Waals surface area contributed by atoms with Gasteiger partial charge in [0.25, 0.3) is 0 Å². The molecule has 0 heterocycles. The molecule has 0 amide bonds. The number of hydrogen-bond acceptors (Lipinski definition) is 1. The number of rotatable bonds is 3. The van der Waals surface area contributed by atoms with Crippen LogP contribution >= 0.6 is 23.2 Å². The van der Waals surface area contributed by atoms with Gasteiger partial charge in [0.05, 0.1) is 6.10 Å². The molecule has 1 N–H and O–H groups in total. The Labute approximate surface area is 119 Å². The van der Waals surface area contributed by atoms with E-state index in [9.17, 15) is 13.9 Å². The van der Waals surface area contributed by atoms with Crippen LogP contribution in [0.2, 0.25) is 10.0 Å². The van der Waals surface area contributed by atoms with Gasteiger partial charge in [-0.05, 0) is 35.4 Å². The molecule has 0 fully saturated rings. The third-order valence-electron chi connectivity index (χ3n) is 2.75. The first-order valence-corrected chi connectivity index (χ1v) is 6.30. The molecule has 0 saturated carbocycles. The second-order valence-corrected chi connectivity index (χ2v) is 4.94. The van der Waals surface area contributed by atoms with Crippen LogP contribution in [-0.2, 0) is 6.42 Å². The average Bonchev–Trinajstić information content (AvgIpc) is 2.32. The molecular formula is C14H10Cl2F2O. The highest BCUT2D eigenvalue weighted by atomic mass is 35.5. The summed E-state index contributed by atoms with van der Waals surface area (Å²) in [4.78, 5) is 0. The van der Waals surface area contributed by atoms with E-state index >= 15 is 0 Å². The monoisotopic (exact) mass is 302 g/mol. The highest BCUT2D eigenvalue weighted by molar-refractivity contribution is 6.31. The second-order valence-electron chi connectivity index (χ2n) is 4.12. The van der Waals surface area contributed by atoms with E-state index in [0.29, 0.717) is 11.1 Å². The van der Waals surface area contributed by atoms with E-state index in [0.717, 1.165) is 6.07 Å². The number of aliphatic hydroxyl groups excluding tert-OH is 1. The Morgan fingerprint density at radius 1 is 0.947 bits per heavy atom. The third kappa shape index (κ3) is 3.44. The van der Waals surface area contributed by atoms with Crippen molar-refractivity contribution >= 4 is 23.2 Å². The number of halogens is 4. The van der Waals surface area contributed by atoms with Gasteiger partial charge in [-0.2, -0.15) is 0 Å². The summed E-state index contributed by atoms with van der Waals surface area (Å²) in [5.41, 5.74) is 0.999. The average molecular weight is 303 g/mol. The molecule has 2 rings (SSSR count). The van der Waals surface area contributed by atoms with E-state index in [4.69, 9.17) is 23.2 Å². The molecule has 100 valence electrons. The Morgan fingerprint density at radius 3 is 2.11 bits per heavy atom. The molecule has 0 spiro atoms. The predicted molar refractivity (Wildman–Crippen MR) is 71.5 cm³/mol. The molecule has 2 aromatic rings. The number of aliphatic hydroxyl groups is 1. The summed E-state index contributed by atoms with van der Waals surface area (Å²) >= 11 is 11.7. The molecule has 0 aliphatic rings. The minimum Gasteiger partial charge on any atom is -0.388 e. The highest BCUT2D eigenvalue weighted by Crippen LogP contribution is 2.28. The van der Waals surface area contributed by atoms with Gasteiger partial charge in [-0.1, -0.05) is 35.3 Å². The molecule has 0 aromatic heterocycles. The van der Waals surface area contributed by atoms with E-state index in [1.54, 1.807) is 0 Å². The molecule has 0 aliphatic carbocycles. The van der Waals surface area contributed by atoms with Gasteiger partial charge in [0.15, 0.2) is 0 Å². The zero-order valence-electron chi connectivity index (χ0n) is 9.71. The van der Waals surface area contributed by atoms with Crippen LogP contribution in [0.25, 0.3) is 0 Å². The highest BCUT2D eigenvalue weighted by Gasteiger charge is 2.15. The van der Waals surface area contributed by atoms with Gasteiger partial charge in [0.2, 0.25) is 0 Å². The van der Waals surface area contributed by atoms with Crippen molar-refractivity contribution in [2.45, 2.75) is 12.5 Å². The lowest BCUT2D eigenvalue weighted by Gasteiger charge is -2.13. The summed E-state index contributed by atoms with van der Waals surface area (Å²) in [6.07, 6.45) is -0.763. The van der Waals surface area contributed by atoms with Crippen LogP contribution in [0.15, 0.2) is 36.4 Å². The lowest BCUT2D eigenvalue weighted by Crippen LogP contribution is -2.03. The van der Waals surface area contributed by atoms with Gasteiger partial charge >= 0.3 is 0 Å². The summed E-state index contributed by atoms with van der Waals surface area (Å²) in [6, 6.07) is 7.71. The Bertz CT molecular complexity index is 602. The first kappa shape index (κ1) is 14.3. The standard InChI is InChI=1S/C14H10Cl2F2O/c15-12-6-9(17)2-1-8(12)5-14(19)11-4-3-10(18)7-13(11)16/h1-4,6-7,14,19H,5H2. The zero-order chi connectivity index (χ0) is 14.0. The summed E-state index contributed by atoms with van der Waals surface area (Å²) < 4.78 is 25.8. The molecule has 1 unspecified atom stereocenters. The van der Waals surface area contributed by atoms with Gasteiger partial charge in [0, 0.05) is 16.5 Å². The largest absolute Gasteiger partial charge is 0.388 e. The van der Waals surface area contributed by atoms with Crippen molar-refractivity contribution < 1.29 is 13.9 Å². The minimum absolute atomic E-state index is 0.144. The van der Waals surface area contributed by atoms with Crippen molar-refractivity contribution in [1.29, 1.82) is 0 Å². The summed E-state index contributed by atoms with van der Waals surface area (Å²) in [7, 11) is 0. The molecule has 0 saturated heterocycles. The van der Waals surface area contributed by atoms with Crippen LogP contribution in [-0.4, -0.2) is 5.11 Å². The zero-order valence-corrected chi connectivity index (χ0v) is 11.2. The van der Waals surface area contributed by atoms with E-state index in [2.05, 4.69) is 0 Å². The Morgan fingerprint density at radius 2 is 1.53 bits per heavy atom. The maximum atomic E-state index is 12.9. The molecular weight excluding hydrogens is 293 g/mol. The van der Waals surface area contributed by atoms with Crippen LogP contribution in [0, 0.1) is 11.6 Å². The lowest BCUT2D eigenvalue weighted by molar-refractivity contribution is 0.178. The van der Waals surface area contributed by atoms with Crippen molar-refractivity contribution in [3.63, 3.8) is 0 Å². The predicted octanol–water partition coefficient (Wildman–Crippen LogP) is 4.55. The quantitative estimate of drug-likeness (QED) is 0.882. The Hall–Kier alpha value is -1.16. The number of benzene rings is 2. The van der Waals surface area contributed by atoms with Crippen LogP contribution in [0.3, 0.4) is 0 Å². The summed E-state index contributed by atoms with van der Waals surface area (Å²) in [6.45, 7) is 0. The summed E-state index contributed by atoms with van der Waals surface area (Å²) in [5.74, 6) is -0.913. The van der Waals surface area contributed by atoms with Crippen LogP contribution in [0.4, 0.5) is 8.78 Å². The fraction of sp³-hybridized carbons (Fsp3) is 0.143. The Kier molecular flexibility index (Phi) is 4.40. The maximum absolute atomic E-state index is 12.9. The van der Waals surface area contributed by atoms with Gasteiger partial charge in [-0.25, -0.2) is 8.78 Å². The van der Waals surface area contributed by atoms with E-state index in [-0.39, 0.29) is 16.5 Å². The van der Waals surface area contributed by atoms with Crippen molar-refractivity contribution in [3.05, 3.63) is 69.2 Å². The first-order valence-electron chi connectivity index (χ1n) is 5.54. The smallest absolute Gasteiger partial charge is 0.124 e. The van der Waals surface area contributed by atoms with Crippen molar-refractivity contribution in [1.82, 2.24) is 0 Å². The minimum atomic E-state index is -0.934. The van der Waals surface area contributed by atoms with Gasteiger partial charge < -0.3 is 5.11 Å². The normalized spacial score (nSPS) is 12.5. The van der Waals surface area contributed by atoms with Crippen molar-refractivity contribution in [2.24, 2.45) is 0 Å². The van der Waals surface area contributed by atoms with Gasteiger partial charge in [0.1, 0.15) is 11.6 Å². The fourth-order valence-electron chi connectivity index (χ4n) is 1.78. The molecule has 19 heavy (non-hydrogen) atoms. The van der Waals surface area contributed by atoms with Crippen LogP contribution in [0.1, 0.15) is 17.2 Å². The SMILES string of the molecule is OC(Cc1ccc(F)cc1Cl)c1ccc(F)cc1Cl. The topological polar surface area (TPSA) is 20.2 Å². The molecule has 0 aliphatic heterocycles. The van der Waals surface area contributed by atoms with Crippen LogP contribution in [0.5, 0.6) is 0 Å². The molecule has 5 heteroatoms. The lowest BCUT2D eigenvalue weighted by atomic mass is 10.0. The first-order chi connectivity index (χ1) is 8.97. The van der Waals surface area contributed by atoms with Crippen molar-refractivity contribution in [2.75, 3.05) is 0 Å². The van der Waals surface area contributed by atoms with Gasteiger partial charge in [-0.15, -0.1) is 0 Å². The van der Waals surface area contributed by atoms with Gasteiger partial charge in [-0.3, -0.25) is 0 Å². The second kappa shape index (κ2) is 5.87.